The molecule has 1 aromatic carbocycles. The van der Waals surface area contributed by atoms with E-state index in [1.54, 1.807) is 18.2 Å². The molecule has 0 radical (unpaired) electrons. The summed E-state index contributed by atoms with van der Waals surface area (Å²) in [5.41, 5.74) is 1.25. The summed E-state index contributed by atoms with van der Waals surface area (Å²) in [6.07, 6.45) is 0.174. The van der Waals surface area contributed by atoms with Gasteiger partial charge in [-0.3, -0.25) is 9.59 Å². The lowest BCUT2D eigenvalue weighted by atomic mass is 10.1. The summed E-state index contributed by atoms with van der Waals surface area (Å²) in [4.78, 5) is 39.1. The van der Waals surface area contributed by atoms with Crippen molar-refractivity contribution in [3.63, 3.8) is 0 Å². The Kier molecular flexibility index (Phi) is 3.47. The number of carbonyl (C=O) groups excluding carboxylic acids is 3. The van der Waals surface area contributed by atoms with E-state index in [2.05, 4.69) is 15.9 Å². The Bertz CT molecular complexity index is 525. The molecule has 1 saturated heterocycles. The number of benzene rings is 1. The molecular formula is C12H10BrNO4. The van der Waals surface area contributed by atoms with Gasteiger partial charge in [-0.1, -0.05) is 22.0 Å². The highest BCUT2D eigenvalue weighted by Crippen LogP contribution is 2.19. The molecule has 0 aromatic heterocycles. The molecule has 2 amide bonds. The van der Waals surface area contributed by atoms with Gasteiger partial charge in [0, 0.05) is 17.3 Å². The van der Waals surface area contributed by atoms with Crippen LogP contribution in [0.2, 0.25) is 0 Å². The predicted octanol–water partition coefficient (Wildman–Crippen LogP) is 1.98. The van der Waals surface area contributed by atoms with E-state index in [0.29, 0.717) is 5.06 Å². The van der Waals surface area contributed by atoms with Crippen molar-refractivity contribution in [2.45, 2.75) is 19.8 Å². The first-order valence-corrected chi connectivity index (χ1v) is 6.12. The minimum absolute atomic E-state index is 0.0870. The largest absolute Gasteiger partial charge is 0.363 e. The molecule has 1 heterocycles. The average Bonchev–Trinajstić information content (AvgIpc) is 2.64. The van der Waals surface area contributed by atoms with Crippen LogP contribution in [-0.4, -0.2) is 22.8 Å². The standard InChI is InChI=1S/C12H10BrNO4/c1-7-2-3-8(6-9(7)13)12(17)18-14-10(15)4-5-11(14)16/h2-3,6H,4-5H2,1H3. The Morgan fingerprint density at radius 1 is 1.28 bits per heavy atom. The zero-order valence-electron chi connectivity index (χ0n) is 9.60. The van der Waals surface area contributed by atoms with Gasteiger partial charge in [-0.05, 0) is 24.6 Å². The van der Waals surface area contributed by atoms with Gasteiger partial charge in [-0.2, -0.15) is 0 Å². The van der Waals surface area contributed by atoms with Gasteiger partial charge in [0.25, 0.3) is 11.8 Å². The van der Waals surface area contributed by atoms with Crippen LogP contribution in [0.25, 0.3) is 0 Å². The third kappa shape index (κ3) is 2.43. The van der Waals surface area contributed by atoms with Gasteiger partial charge in [0.1, 0.15) is 0 Å². The van der Waals surface area contributed by atoms with Gasteiger partial charge in [0.2, 0.25) is 0 Å². The third-order valence-electron chi connectivity index (χ3n) is 2.59. The van der Waals surface area contributed by atoms with Crippen molar-refractivity contribution < 1.29 is 19.2 Å². The molecule has 1 aromatic rings. The normalized spacial score (nSPS) is 15.1. The molecule has 1 aliphatic heterocycles. The number of amides is 2. The minimum atomic E-state index is -0.723. The van der Waals surface area contributed by atoms with E-state index in [4.69, 9.17) is 4.84 Å². The zero-order chi connectivity index (χ0) is 13.3. The van der Waals surface area contributed by atoms with E-state index in [1.165, 1.54) is 0 Å². The summed E-state index contributed by atoms with van der Waals surface area (Å²) in [5.74, 6) is -1.70. The van der Waals surface area contributed by atoms with Crippen LogP contribution in [0.5, 0.6) is 0 Å². The summed E-state index contributed by atoms with van der Waals surface area (Å²) >= 11 is 3.30. The highest BCUT2D eigenvalue weighted by Gasteiger charge is 2.33. The topological polar surface area (TPSA) is 63.7 Å². The number of hydroxylamine groups is 2. The molecule has 0 bridgehead atoms. The van der Waals surface area contributed by atoms with Crippen molar-refractivity contribution in [1.29, 1.82) is 0 Å². The van der Waals surface area contributed by atoms with Crippen molar-refractivity contribution in [2.75, 3.05) is 0 Å². The second-order valence-electron chi connectivity index (χ2n) is 3.92. The van der Waals surface area contributed by atoms with Gasteiger partial charge < -0.3 is 4.84 Å². The number of rotatable bonds is 2. The molecule has 1 aliphatic rings. The smallest absolute Gasteiger partial charge is 0.325 e. The lowest BCUT2D eigenvalue weighted by molar-refractivity contribution is -0.172. The van der Waals surface area contributed by atoms with Crippen molar-refractivity contribution >= 4 is 33.7 Å². The number of carbonyl (C=O) groups is 3. The maximum absolute atomic E-state index is 11.8. The summed E-state index contributed by atoms with van der Waals surface area (Å²) < 4.78 is 0.760. The Morgan fingerprint density at radius 3 is 2.44 bits per heavy atom. The van der Waals surface area contributed by atoms with Crippen molar-refractivity contribution in [3.8, 4) is 0 Å². The molecule has 5 nitrogen and oxygen atoms in total. The molecule has 2 rings (SSSR count). The number of halogens is 1. The van der Waals surface area contributed by atoms with Gasteiger partial charge in [-0.15, -0.1) is 5.06 Å². The fraction of sp³-hybridized carbons (Fsp3) is 0.250. The first kappa shape index (κ1) is 12.8. The highest BCUT2D eigenvalue weighted by atomic mass is 79.9. The third-order valence-corrected chi connectivity index (χ3v) is 3.44. The predicted molar refractivity (Wildman–Crippen MR) is 65.4 cm³/mol. The first-order chi connectivity index (χ1) is 8.49. The van der Waals surface area contributed by atoms with Gasteiger partial charge in [-0.25, -0.2) is 4.79 Å². The van der Waals surface area contributed by atoms with E-state index in [0.717, 1.165) is 10.0 Å². The summed E-state index contributed by atoms with van der Waals surface area (Å²) in [7, 11) is 0. The van der Waals surface area contributed by atoms with Crippen molar-refractivity contribution in [3.05, 3.63) is 33.8 Å². The van der Waals surface area contributed by atoms with Crippen LogP contribution in [0.1, 0.15) is 28.8 Å². The van der Waals surface area contributed by atoms with Gasteiger partial charge >= 0.3 is 5.97 Å². The number of nitrogens with zero attached hydrogens (tertiary/aromatic N) is 1. The van der Waals surface area contributed by atoms with E-state index in [9.17, 15) is 14.4 Å². The lowest BCUT2D eigenvalue weighted by Crippen LogP contribution is -2.32. The van der Waals surface area contributed by atoms with Crippen LogP contribution in [0.3, 0.4) is 0 Å². The number of hydrogen-bond acceptors (Lipinski definition) is 4. The Balaban J connectivity index is 2.14. The number of hydrogen-bond donors (Lipinski definition) is 0. The van der Waals surface area contributed by atoms with Gasteiger partial charge in [0.05, 0.1) is 5.56 Å². The Labute approximate surface area is 112 Å². The molecule has 18 heavy (non-hydrogen) atoms. The fourth-order valence-corrected chi connectivity index (χ4v) is 1.89. The quantitative estimate of drug-likeness (QED) is 0.783. The minimum Gasteiger partial charge on any atom is -0.325 e. The van der Waals surface area contributed by atoms with Crippen LogP contribution in [0.4, 0.5) is 0 Å². The fourth-order valence-electron chi connectivity index (χ4n) is 1.51. The molecular weight excluding hydrogens is 302 g/mol. The number of aryl methyl sites for hydroxylation is 1. The average molecular weight is 312 g/mol. The molecule has 0 atom stereocenters. The Hall–Kier alpha value is -1.69. The lowest BCUT2D eigenvalue weighted by Gasteiger charge is -2.12. The highest BCUT2D eigenvalue weighted by molar-refractivity contribution is 9.10. The maximum atomic E-state index is 11.8. The molecule has 0 aliphatic carbocycles. The first-order valence-electron chi connectivity index (χ1n) is 5.33. The van der Waals surface area contributed by atoms with Gasteiger partial charge in [0.15, 0.2) is 0 Å². The monoisotopic (exact) mass is 311 g/mol. The van der Waals surface area contributed by atoms with E-state index in [1.807, 2.05) is 6.92 Å². The molecule has 1 fully saturated rings. The number of imide groups is 1. The van der Waals surface area contributed by atoms with Crippen LogP contribution >= 0.6 is 15.9 Å². The molecule has 0 spiro atoms. The second kappa shape index (κ2) is 4.89. The second-order valence-corrected chi connectivity index (χ2v) is 4.78. The summed E-state index contributed by atoms with van der Waals surface area (Å²) in [6.45, 7) is 1.88. The zero-order valence-corrected chi connectivity index (χ0v) is 11.2. The maximum Gasteiger partial charge on any atom is 0.363 e. The molecule has 0 saturated carbocycles. The molecule has 6 heteroatoms. The summed E-state index contributed by atoms with van der Waals surface area (Å²) in [6, 6.07) is 4.91. The van der Waals surface area contributed by atoms with Crippen LogP contribution < -0.4 is 0 Å². The van der Waals surface area contributed by atoms with Crippen molar-refractivity contribution in [2.24, 2.45) is 0 Å². The van der Waals surface area contributed by atoms with Crippen LogP contribution in [0.15, 0.2) is 22.7 Å². The van der Waals surface area contributed by atoms with E-state index in [-0.39, 0.29) is 18.4 Å². The van der Waals surface area contributed by atoms with E-state index < -0.39 is 17.8 Å². The Morgan fingerprint density at radius 2 is 1.89 bits per heavy atom. The molecule has 0 unspecified atom stereocenters. The molecule has 94 valence electrons. The SMILES string of the molecule is Cc1ccc(C(=O)ON2C(=O)CCC2=O)cc1Br. The van der Waals surface area contributed by atoms with E-state index >= 15 is 0 Å². The summed E-state index contributed by atoms with van der Waals surface area (Å²) in [5, 5.41) is 0.538. The van der Waals surface area contributed by atoms with Crippen LogP contribution in [-0.2, 0) is 14.4 Å². The molecule has 0 N–H and O–H groups in total. The van der Waals surface area contributed by atoms with Crippen molar-refractivity contribution in [1.82, 2.24) is 5.06 Å². The van der Waals surface area contributed by atoms with Crippen LogP contribution in [0, 0.1) is 6.92 Å².